The van der Waals surface area contributed by atoms with Crippen LogP contribution in [0.1, 0.15) is 51.2 Å². The van der Waals surface area contributed by atoms with Crippen LogP contribution in [0.2, 0.25) is 0 Å². The number of carbonyl (C=O) groups is 1. The molecule has 2 rings (SSSR count). The van der Waals surface area contributed by atoms with Crippen LogP contribution in [0.15, 0.2) is 16.5 Å². The fraction of sp³-hybridized carbons (Fsp3) is 0.722. The van der Waals surface area contributed by atoms with Crippen molar-refractivity contribution >= 4 is 5.91 Å². The molecule has 0 aliphatic carbocycles. The van der Waals surface area contributed by atoms with Crippen molar-refractivity contribution in [2.75, 3.05) is 26.8 Å². The van der Waals surface area contributed by atoms with Gasteiger partial charge in [-0.25, -0.2) is 0 Å². The van der Waals surface area contributed by atoms with E-state index in [2.05, 4.69) is 5.32 Å². The Bertz CT molecular complexity index is 511. The average molecular weight is 322 g/mol. The number of piperidine rings is 1. The SMILES string of the molecule is COCC(NC1CCN(C(=O)C(C)(C)C)CC1)c1ccc(C)o1. The van der Waals surface area contributed by atoms with Gasteiger partial charge in [-0.2, -0.15) is 0 Å². The maximum atomic E-state index is 12.3. The summed E-state index contributed by atoms with van der Waals surface area (Å²) in [6, 6.07) is 4.42. The van der Waals surface area contributed by atoms with Gasteiger partial charge in [0.15, 0.2) is 0 Å². The third-order valence-electron chi connectivity index (χ3n) is 4.30. The topological polar surface area (TPSA) is 54.7 Å². The largest absolute Gasteiger partial charge is 0.465 e. The fourth-order valence-electron chi connectivity index (χ4n) is 3.03. The molecule has 1 aliphatic rings. The van der Waals surface area contributed by atoms with Gasteiger partial charge in [-0.3, -0.25) is 4.79 Å². The summed E-state index contributed by atoms with van der Waals surface area (Å²) >= 11 is 0. The minimum atomic E-state index is -0.301. The van der Waals surface area contributed by atoms with Crippen LogP contribution >= 0.6 is 0 Å². The molecule has 1 atom stereocenters. The normalized spacial score (nSPS) is 18.2. The Balaban J connectivity index is 1.90. The molecule has 0 bridgehead atoms. The van der Waals surface area contributed by atoms with Gasteiger partial charge < -0.3 is 19.4 Å². The number of hydrogen-bond acceptors (Lipinski definition) is 4. The maximum Gasteiger partial charge on any atom is 0.227 e. The molecule has 5 heteroatoms. The number of hydrogen-bond donors (Lipinski definition) is 1. The van der Waals surface area contributed by atoms with E-state index in [9.17, 15) is 4.79 Å². The van der Waals surface area contributed by atoms with Gasteiger partial charge >= 0.3 is 0 Å². The lowest BCUT2D eigenvalue weighted by Crippen LogP contribution is -2.49. The first-order valence-corrected chi connectivity index (χ1v) is 8.42. The first-order valence-electron chi connectivity index (χ1n) is 8.42. The van der Waals surface area contributed by atoms with Gasteiger partial charge in [0.25, 0.3) is 0 Å². The number of aryl methyl sites for hydroxylation is 1. The van der Waals surface area contributed by atoms with Gasteiger partial charge in [-0.15, -0.1) is 0 Å². The highest BCUT2D eigenvalue weighted by molar-refractivity contribution is 5.81. The zero-order valence-electron chi connectivity index (χ0n) is 15.0. The van der Waals surface area contributed by atoms with E-state index >= 15 is 0 Å². The number of amides is 1. The smallest absolute Gasteiger partial charge is 0.227 e. The Morgan fingerprint density at radius 1 is 1.39 bits per heavy atom. The predicted molar refractivity (Wildman–Crippen MR) is 90.3 cm³/mol. The highest BCUT2D eigenvalue weighted by Gasteiger charge is 2.31. The predicted octanol–water partition coefficient (Wildman–Crippen LogP) is 2.90. The van der Waals surface area contributed by atoms with Gasteiger partial charge in [0.2, 0.25) is 5.91 Å². The van der Waals surface area contributed by atoms with Gasteiger partial charge in [0, 0.05) is 31.7 Å². The van der Waals surface area contributed by atoms with Crippen molar-refractivity contribution in [2.24, 2.45) is 5.41 Å². The number of ether oxygens (including phenoxy) is 1. The van der Waals surface area contributed by atoms with Crippen molar-refractivity contribution in [1.82, 2.24) is 10.2 Å². The number of nitrogens with zero attached hydrogens (tertiary/aromatic N) is 1. The minimum absolute atomic E-state index is 0.0589. The molecule has 1 amide bonds. The van der Waals surface area contributed by atoms with Gasteiger partial charge in [0.1, 0.15) is 11.5 Å². The Kier molecular flexibility index (Phi) is 5.87. The molecule has 2 heterocycles. The standard InChI is InChI=1S/C18H30N2O3/c1-13-6-7-16(23-13)15(12-22-5)19-14-8-10-20(11-9-14)17(21)18(2,3)4/h6-7,14-15,19H,8-12H2,1-5H3. The molecular formula is C18H30N2O3. The molecule has 1 aromatic heterocycles. The van der Waals surface area contributed by atoms with E-state index in [1.54, 1.807) is 7.11 Å². The summed E-state index contributed by atoms with van der Waals surface area (Å²) in [6.07, 6.45) is 1.92. The van der Waals surface area contributed by atoms with Crippen molar-refractivity contribution in [2.45, 2.75) is 52.6 Å². The third-order valence-corrected chi connectivity index (χ3v) is 4.30. The molecule has 1 N–H and O–H groups in total. The average Bonchev–Trinajstić information content (AvgIpc) is 2.92. The van der Waals surface area contributed by atoms with Crippen molar-refractivity contribution in [3.8, 4) is 0 Å². The Hall–Kier alpha value is -1.33. The molecule has 0 radical (unpaired) electrons. The number of rotatable bonds is 5. The number of methoxy groups -OCH3 is 1. The summed E-state index contributed by atoms with van der Waals surface area (Å²) in [6.45, 7) is 10.1. The second kappa shape index (κ2) is 7.49. The van der Waals surface area contributed by atoms with Crippen LogP contribution < -0.4 is 5.32 Å². The molecule has 0 spiro atoms. The molecule has 130 valence electrons. The molecule has 1 unspecified atom stereocenters. The van der Waals surface area contributed by atoms with E-state index in [1.807, 2.05) is 44.7 Å². The molecular weight excluding hydrogens is 292 g/mol. The van der Waals surface area contributed by atoms with Crippen molar-refractivity contribution in [3.63, 3.8) is 0 Å². The van der Waals surface area contributed by atoms with Gasteiger partial charge in [-0.05, 0) is 31.9 Å². The van der Waals surface area contributed by atoms with Crippen molar-refractivity contribution in [1.29, 1.82) is 0 Å². The van der Waals surface area contributed by atoms with E-state index in [0.29, 0.717) is 12.6 Å². The van der Waals surface area contributed by atoms with E-state index in [-0.39, 0.29) is 17.4 Å². The molecule has 1 fully saturated rings. The molecule has 5 nitrogen and oxygen atoms in total. The third kappa shape index (κ3) is 4.82. The summed E-state index contributed by atoms with van der Waals surface area (Å²) in [5.74, 6) is 2.07. The second-order valence-electron chi connectivity index (χ2n) is 7.44. The number of nitrogens with one attached hydrogen (secondary N) is 1. The number of furan rings is 1. The van der Waals surface area contributed by atoms with Gasteiger partial charge in [0.05, 0.1) is 12.6 Å². The van der Waals surface area contributed by atoms with E-state index in [4.69, 9.17) is 9.15 Å². The molecule has 0 aromatic carbocycles. The fourth-order valence-corrected chi connectivity index (χ4v) is 3.03. The lowest BCUT2D eigenvalue weighted by Gasteiger charge is -2.37. The Morgan fingerprint density at radius 2 is 2.04 bits per heavy atom. The van der Waals surface area contributed by atoms with Crippen LogP contribution in [0.25, 0.3) is 0 Å². The van der Waals surface area contributed by atoms with Gasteiger partial charge in [-0.1, -0.05) is 20.8 Å². The summed E-state index contributed by atoms with van der Waals surface area (Å²) < 4.78 is 11.1. The summed E-state index contributed by atoms with van der Waals surface area (Å²) in [5, 5.41) is 3.63. The molecule has 23 heavy (non-hydrogen) atoms. The Morgan fingerprint density at radius 3 is 2.52 bits per heavy atom. The zero-order chi connectivity index (χ0) is 17.0. The van der Waals surface area contributed by atoms with Crippen LogP contribution in [0, 0.1) is 12.3 Å². The first kappa shape index (κ1) is 18.0. The summed E-state index contributed by atoms with van der Waals surface area (Å²) in [4.78, 5) is 14.3. The number of carbonyl (C=O) groups excluding carboxylic acids is 1. The highest BCUT2D eigenvalue weighted by Crippen LogP contribution is 2.23. The van der Waals surface area contributed by atoms with Crippen LogP contribution in [-0.4, -0.2) is 43.7 Å². The molecule has 1 saturated heterocycles. The lowest BCUT2D eigenvalue weighted by molar-refractivity contribution is -0.140. The zero-order valence-corrected chi connectivity index (χ0v) is 15.0. The molecule has 1 aliphatic heterocycles. The maximum absolute atomic E-state index is 12.3. The first-order chi connectivity index (χ1) is 10.8. The summed E-state index contributed by atoms with van der Waals surface area (Å²) in [7, 11) is 1.70. The van der Waals surface area contributed by atoms with Crippen molar-refractivity contribution in [3.05, 3.63) is 23.7 Å². The van der Waals surface area contributed by atoms with Crippen molar-refractivity contribution < 1.29 is 13.9 Å². The van der Waals surface area contributed by atoms with E-state index in [0.717, 1.165) is 37.5 Å². The minimum Gasteiger partial charge on any atom is -0.465 e. The monoisotopic (exact) mass is 322 g/mol. The van der Waals surface area contributed by atoms with Crippen LogP contribution in [0.4, 0.5) is 0 Å². The second-order valence-corrected chi connectivity index (χ2v) is 7.44. The van der Waals surface area contributed by atoms with E-state index < -0.39 is 0 Å². The molecule has 0 saturated carbocycles. The lowest BCUT2D eigenvalue weighted by atomic mass is 9.93. The highest BCUT2D eigenvalue weighted by atomic mass is 16.5. The summed E-state index contributed by atoms with van der Waals surface area (Å²) in [5.41, 5.74) is -0.301. The quantitative estimate of drug-likeness (QED) is 0.905. The van der Waals surface area contributed by atoms with E-state index in [1.165, 1.54) is 0 Å². The van der Waals surface area contributed by atoms with Crippen LogP contribution in [0.3, 0.4) is 0 Å². The van der Waals surface area contributed by atoms with Crippen LogP contribution in [-0.2, 0) is 9.53 Å². The Labute approximate surface area is 139 Å². The molecule has 1 aromatic rings. The van der Waals surface area contributed by atoms with Crippen LogP contribution in [0.5, 0.6) is 0 Å². The number of likely N-dealkylation sites (tertiary alicyclic amines) is 1.